The van der Waals surface area contributed by atoms with Crippen molar-refractivity contribution in [3.63, 3.8) is 0 Å². The number of guanidine groups is 1. The summed E-state index contributed by atoms with van der Waals surface area (Å²) < 4.78 is 16.9. The van der Waals surface area contributed by atoms with E-state index in [9.17, 15) is 0 Å². The maximum atomic E-state index is 6.15. The molecule has 0 spiro atoms. The number of hydrogen-bond acceptors (Lipinski definition) is 4. The van der Waals surface area contributed by atoms with Gasteiger partial charge in [-0.1, -0.05) is 23.7 Å². The smallest absolute Gasteiger partial charge is 0.193 e. The zero-order valence-electron chi connectivity index (χ0n) is 16.6. The van der Waals surface area contributed by atoms with Crippen molar-refractivity contribution in [1.82, 2.24) is 10.2 Å². The monoisotopic (exact) mass is 397 g/mol. The molecule has 0 radical (unpaired) electrons. The minimum absolute atomic E-state index is 0.0247. The summed E-state index contributed by atoms with van der Waals surface area (Å²) in [5.41, 5.74) is 0. The maximum absolute atomic E-state index is 6.15. The lowest BCUT2D eigenvalue weighted by Gasteiger charge is -2.34. The lowest BCUT2D eigenvalue weighted by Crippen LogP contribution is -2.48. The molecule has 0 amide bonds. The lowest BCUT2D eigenvalue weighted by atomic mass is 10.1. The summed E-state index contributed by atoms with van der Waals surface area (Å²) in [4.78, 5) is 6.69. The first kappa shape index (κ1) is 21.8. The Morgan fingerprint density at radius 2 is 2.04 bits per heavy atom. The molecule has 1 unspecified atom stereocenters. The fraction of sp³-hybridized carbons (Fsp3) is 0.650. The van der Waals surface area contributed by atoms with Crippen LogP contribution in [0.25, 0.3) is 0 Å². The first-order chi connectivity index (χ1) is 13.1. The molecule has 0 aliphatic carbocycles. The molecule has 1 aliphatic rings. The van der Waals surface area contributed by atoms with E-state index in [0.717, 1.165) is 51.5 Å². The van der Waals surface area contributed by atoms with E-state index in [-0.39, 0.29) is 6.10 Å². The number of piperidine rings is 1. The van der Waals surface area contributed by atoms with Gasteiger partial charge in [0.2, 0.25) is 0 Å². The number of methoxy groups -OCH3 is 1. The van der Waals surface area contributed by atoms with Crippen LogP contribution < -0.4 is 10.1 Å². The van der Waals surface area contributed by atoms with Crippen molar-refractivity contribution in [3.05, 3.63) is 29.3 Å². The standard InChI is InChI=1S/C20H32ClN3O3/c1-16(27-19-8-5-4-7-18(19)21)15-23-20(22-2)24-11-9-17(10-12-24)26-14-6-13-25-3/h4-5,7-8,16-17H,6,9-15H2,1-3H3,(H,22,23). The van der Waals surface area contributed by atoms with Gasteiger partial charge >= 0.3 is 0 Å². The predicted octanol–water partition coefficient (Wildman–Crippen LogP) is 3.20. The van der Waals surface area contributed by atoms with Crippen molar-refractivity contribution >= 4 is 17.6 Å². The highest BCUT2D eigenvalue weighted by Crippen LogP contribution is 2.24. The molecular weight excluding hydrogens is 366 g/mol. The van der Waals surface area contributed by atoms with Gasteiger partial charge in [0.15, 0.2) is 5.96 Å². The van der Waals surface area contributed by atoms with Crippen LogP contribution in [0, 0.1) is 0 Å². The Hall–Kier alpha value is -1.50. The molecule has 1 aliphatic heterocycles. The molecule has 1 atom stereocenters. The summed E-state index contributed by atoms with van der Waals surface area (Å²) in [6.45, 7) is 6.07. The number of halogens is 1. The first-order valence-corrected chi connectivity index (χ1v) is 9.99. The second-order valence-electron chi connectivity index (χ2n) is 6.69. The lowest BCUT2D eigenvalue weighted by molar-refractivity contribution is 0.00984. The first-order valence-electron chi connectivity index (χ1n) is 9.61. The summed E-state index contributed by atoms with van der Waals surface area (Å²) in [6, 6.07) is 7.52. The molecule has 0 bridgehead atoms. The molecule has 1 aromatic carbocycles. The van der Waals surface area contributed by atoms with E-state index < -0.39 is 0 Å². The van der Waals surface area contributed by atoms with Crippen LogP contribution >= 0.6 is 11.6 Å². The van der Waals surface area contributed by atoms with Gasteiger partial charge in [-0.15, -0.1) is 0 Å². The molecule has 0 saturated carbocycles. The van der Waals surface area contributed by atoms with E-state index in [1.165, 1.54) is 0 Å². The number of rotatable bonds is 9. The number of nitrogens with zero attached hydrogens (tertiary/aromatic N) is 2. The van der Waals surface area contributed by atoms with E-state index >= 15 is 0 Å². The van der Waals surface area contributed by atoms with Gasteiger partial charge < -0.3 is 24.4 Å². The number of likely N-dealkylation sites (tertiary alicyclic amines) is 1. The van der Waals surface area contributed by atoms with Gasteiger partial charge in [0.25, 0.3) is 0 Å². The molecular formula is C20H32ClN3O3. The zero-order valence-corrected chi connectivity index (χ0v) is 17.4. The van der Waals surface area contributed by atoms with Crippen molar-refractivity contribution in [3.8, 4) is 5.75 Å². The SMILES string of the molecule is CN=C(NCC(C)Oc1ccccc1Cl)N1CCC(OCCCOC)CC1. The van der Waals surface area contributed by atoms with Gasteiger partial charge in [0.05, 0.1) is 17.7 Å². The van der Waals surface area contributed by atoms with Crippen LogP contribution in [0.15, 0.2) is 29.3 Å². The van der Waals surface area contributed by atoms with Gasteiger partial charge in [-0.25, -0.2) is 0 Å². The molecule has 1 heterocycles. The van der Waals surface area contributed by atoms with E-state index in [1.807, 2.05) is 38.2 Å². The Morgan fingerprint density at radius 3 is 2.70 bits per heavy atom. The number of nitrogens with one attached hydrogen (secondary N) is 1. The third kappa shape index (κ3) is 7.56. The summed E-state index contributed by atoms with van der Waals surface area (Å²) >= 11 is 6.15. The summed E-state index contributed by atoms with van der Waals surface area (Å²) in [5, 5.41) is 4.03. The molecule has 152 valence electrons. The van der Waals surface area contributed by atoms with E-state index in [0.29, 0.717) is 23.4 Å². The Labute approximate surface area is 167 Å². The average molecular weight is 398 g/mol. The van der Waals surface area contributed by atoms with Crippen LogP contribution in [-0.4, -0.2) is 70.1 Å². The topological polar surface area (TPSA) is 55.3 Å². The predicted molar refractivity (Wildman–Crippen MR) is 110 cm³/mol. The molecule has 0 aromatic heterocycles. The molecule has 1 aromatic rings. The Bertz CT molecular complexity index is 577. The molecule has 6 nitrogen and oxygen atoms in total. The van der Waals surface area contributed by atoms with Crippen LogP contribution in [0.5, 0.6) is 5.75 Å². The highest BCUT2D eigenvalue weighted by atomic mass is 35.5. The molecule has 7 heteroatoms. The van der Waals surface area contributed by atoms with Gasteiger partial charge in [0.1, 0.15) is 11.9 Å². The largest absolute Gasteiger partial charge is 0.487 e. The van der Waals surface area contributed by atoms with Gasteiger partial charge in [0, 0.05) is 40.5 Å². The van der Waals surface area contributed by atoms with Crippen LogP contribution in [0.4, 0.5) is 0 Å². The number of ether oxygens (including phenoxy) is 3. The molecule has 2 rings (SSSR count). The van der Waals surface area contributed by atoms with Gasteiger partial charge in [-0.05, 0) is 38.3 Å². The minimum Gasteiger partial charge on any atom is -0.487 e. The fourth-order valence-corrected chi connectivity index (χ4v) is 3.23. The van der Waals surface area contributed by atoms with Crippen molar-refractivity contribution in [2.45, 2.75) is 38.4 Å². The van der Waals surface area contributed by atoms with E-state index in [1.54, 1.807) is 7.11 Å². The molecule has 1 saturated heterocycles. The second-order valence-corrected chi connectivity index (χ2v) is 7.10. The number of benzene rings is 1. The van der Waals surface area contributed by atoms with E-state index in [2.05, 4.69) is 15.2 Å². The van der Waals surface area contributed by atoms with Gasteiger partial charge in [-0.3, -0.25) is 4.99 Å². The number of para-hydroxylation sites is 1. The third-order valence-corrected chi connectivity index (χ3v) is 4.82. The van der Waals surface area contributed by atoms with Crippen molar-refractivity contribution in [2.24, 2.45) is 4.99 Å². The second kappa shape index (κ2) is 12.1. The fourth-order valence-electron chi connectivity index (χ4n) is 3.05. The Kier molecular flexibility index (Phi) is 9.73. The van der Waals surface area contributed by atoms with Crippen molar-refractivity contribution < 1.29 is 14.2 Å². The van der Waals surface area contributed by atoms with Crippen molar-refractivity contribution in [1.29, 1.82) is 0 Å². The highest BCUT2D eigenvalue weighted by molar-refractivity contribution is 6.32. The number of aliphatic imine (C=N–C) groups is 1. The van der Waals surface area contributed by atoms with Gasteiger partial charge in [-0.2, -0.15) is 0 Å². The zero-order chi connectivity index (χ0) is 19.5. The third-order valence-electron chi connectivity index (χ3n) is 4.51. The minimum atomic E-state index is -0.0247. The van der Waals surface area contributed by atoms with Crippen LogP contribution in [0.2, 0.25) is 5.02 Å². The summed E-state index contributed by atoms with van der Waals surface area (Å²) in [5.74, 6) is 1.61. The molecule has 1 N–H and O–H groups in total. The molecule has 27 heavy (non-hydrogen) atoms. The Morgan fingerprint density at radius 1 is 1.30 bits per heavy atom. The van der Waals surface area contributed by atoms with Crippen molar-refractivity contribution in [2.75, 3.05) is 47.0 Å². The number of hydrogen-bond donors (Lipinski definition) is 1. The Balaban J connectivity index is 1.70. The normalized spacial score (nSPS) is 17.0. The quantitative estimate of drug-likeness (QED) is 0.394. The summed E-state index contributed by atoms with van der Waals surface area (Å²) in [6.07, 6.45) is 3.28. The van der Waals surface area contributed by atoms with E-state index in [4.69, 9.17) is 25.8 Å². The maximum Gasteiger partial charge on any atom is 0.193 e. The van der Waals surface area contributed by atoms with Crippen LogP contribution in [0.3, 0.4) is 0 Å². The highest BCUT2D eigenvalue weighted by Gasteiger charge is 2.22. The van der Waals surface area contributed by atoms with Crippen LogP contribution in [0.1, 0.15) is 26.2 Å². The van der Waals surface area contributed by atoms with Crippen LogP contribution in [-0.2, 0) is 9.47 Å². The summed E-state index contributed by atoms with van der Waals surface area (Å²) in [7, 11) is 3.53. The molecule has 1 fully saturated rings. The average Bonchev–Trinajstić information content (AvgIpc) is 2.68.